The number of phenolic OH excluding ortho intramolecular Hbond substituents is 1. The van der Waals surface area contributed by atoms with Crippen LogP contribution in [0.15, 0.2) is 72.8 Å². The maximum absolute atomic E-state index is 13.9. The van der Waals surface area contributed by atoms with Gasteiger partial charge in [-0.15, -0.1) is 0 Å². The molecule has 0 saturated carbocycles. The van der Waals surface area contributed by atoms with Crippen molar-refractivity contribution in [3.63, 3.8) is 0 Å². The van der Waals surface area contributed by atoms with Gasteiger partial charge in [0.25, 0.3) is 11.8 Å². The normalized spacial score (nSPS) is 15.7. The standard InChI is InChI=1S/C29H29N5O5/c1-17(30)27(37)32-23-16-34(28(38)20-13-11-19(12-14-20)18(2)35)25-9-5-4-8-24(25)33(29(23)39)15-22(31)21-7-3-6-10-26(21)36/h3-14,17,23,31,36H,15-16,30H2,1-2H3,(H,32,37)/t17-,23-/m0/s1. The van der Waals surface area contributed by atoms with Crippen molar-refractivity contribution in [1.29, 1.82) is 5.41 Å². The van der Waals surface area contributed by atoms with Crippen LogP contribution in [0.5, 0.6) is 5.75 Å². The predicted molar refractivity (Wildman–Crippen MR) is 147 cm³/mol. The minimum Gasteiger partial charge on any atom is -0.507 e. The monoisotopic (exact) mass is 527 g/mol. The molecule has 3 amide bonds. The molecule has 0 bridgehead atoms. The Labute approximate surface area is 225 Å². The van der Waals surface area contributed by atoms with Crippen molar-refractivity contribution in [3.05, 3.63) is 89.5 Å². The van der Waals surface area contributed by atoms with Crippen LogP contribution in [0.25, 0.3) is 0 Å². The van der Waals surface area contributed by atoms with Crippen LogP contribution in [0.2, 0.25) is 0 Å². The largest absolute Gasteiger partial charge is 0.507 e. The number of phenols is 1. The van der Waals surface area contributed by atoms with Crippen molar-refractivity contribution >= 4 is 40.6 Å². The first-order valence-electron chi connectivity index (χ1n) is 12.3. The van der Waals surface area contributed by atoms with Gasteiger partial charge in [0.2, 0.25) is 5.91 Å². The highest BCUT2D eigenvalue weighted by molar-refractivity contribution is 6.15. The van der Waals surface area contributed by atoms with E-state index in [0.29, 0.717) is 16.9 Å². The number of anilines is 2. The third-order valence-corrected chi connectivity index (χ3v) is 6.45. The van der Waals surface area contributed by atoms with Crippen molar-refractivity contribution in [1.82, 2.24) is 5.32 Å². The van der Waals surface area contributed by atoms with Crippen molar-refractivity contribution in [2.24, 2.45) is 5.73 Å². The molecule has 5 N–H and O–H groups in total. The first kappa shape index (κ1) is 27.2. The van der Waals surface area contributed by atoms with Gasteiger partial charge in [-0.05, 0) is 50.2 Å². The molecular weight excluding hydrogens is 498 g/mol. The average Bonchev–Trinajstić information content (AvgIpc) is 3.03. The highest BCUT2D eigenvalue weighted by atomic mass is 16.3. The van der Waals surface area contributed by atoms with Crippen molar-refractivity contribution in [2.75, 3.05) is 22.9 Å². The summed E-state index contributed by atoms with van der Waals surface area (Å²) in [6.45, 7) is 2.49. The summed E-state index contributed by atoms with van der Waals surface area (Å²) in [4.78, 5) is 54.6. The number of hydrogen-bond donors (Lipinski definition) is 4. The molecule has 0 spiro atoms. The summed E-state index contributed by atoms with van der Waals surface area (Å²) in [6.07, 6.45) is 0. The quantitative estimate of drug-likeness (QED) is 0.273. The number of nitrogens with one attached hydrogen (secondary N) is 2. The van der Waals surface area contributed by atoms with Crippen LogP contribution in [0, 0.1) is 5.41 Å². The number of amides is 3. The van der Waals surface area contributed by atoms with Crippen LogP contribution in [-0.2, 0) is 9.59 Å². The number of para-hydroxylation sites is 3. The summed E-state index contributed by atoms with van der Waals surface area (Å²) in [6, 6.07) is 17.2. The van der Waals surface area contributed by atoms with Crippen LogP contribution in [0.3, 0.4) is 0 Å². The molecule has 10 nitrogen and oxygen atoms in total. The molecule has 0 unspecified atom stereocenters. The highest BCUT2D eigenvalue weighted by Crippen LogP contribution is 2.34. The fourth-order valence-electron chi connectivity index (χ4n) is 4.33. The van der Waals surface area contributed by atoms with Gasteiger partial charge in [0.05, 0.1) is 36.2 Å². The number of aromatic hydroxyl groups is 1. The summed E-state index contributed by atoms with van der Waals surface area (Å²) in [7, 11) is 0. The molecule has 1 aliphatic rings. The Morgan fingerprint density at radius 1 is 1.00 bits per heavy atom. The molecule has 0 aromatic heterocycles. The minimum absolute atomic E-state index is 0.0341. The molecule has 4 rings (SSSR count). The van der Waals surface area contributed by atoms with Crippen LogP contribution in [0.4, 0.5) is 11.4 Å². The Morgan fingerprint density at radius 3 is 2.21 bits per heavy atom. The van der Waals surface area contributed by atoms with E-state index in [1.165, 1.54) is 41.8 Å². The third-order valence-electron chi connectivity index (χ3n) is 6.45. The molecular formula is C29H29N5O5. The van der Waals surface area contributed by atoms with Gasteiger partial charge in [-0.2, -0.15) is 0 Å². The van der Waals surface area contributed by atoms with E-state index in [1.807, 2.05) is 0 Å². The van der Waals surface area contributed by atoms with E-state index < -0.39 is 29.8 Å². The maximum atomic E-state index is 13.9. The predicted octanol–water partition coefficient (Wildman–Crippen LogP) is 2.49. The van der Waals surface area contributed by atoms with Gasteiger partial charge < -0.3 is 31.4 Å². The molecule has 0 fully saturated rings. The lowest BCUT2D eigenvalue weighted by Gasteiger charge is -2.26. The average molecular weight is 528 g/mol. The minimum atomic E-state index is -1.17. The lowest BCUT2D eigenvalue weighted by Crippen LogP contribution is -2.56. The summed E-state index contributed by atoms with van der Waals surface area (Å²) in [5, 5.41) is 21.5. The van der Waals surface area contributed by atoms with E-state index in [-0.39, 0.29) is 41.5 Å². The molecule has 0 aliphatic carbocycles. The van der Waals surface area contributed by atoms with Gasteiger partial charge in [-0.1, -0.05) is 36.4 Å². The number of carbonyl (C=O) groups is 4. The Kier molecular flexibility index (Phi) is 7.87. The molecule has 200 valence electrons. The van der Waals surface area contributed by atoms with Gasteiger partial charge in [-0.3, -0.25) is 19.2 Å². The van der Waals surface area contributed by atoms with Crippen LogP contribution < -0.4 is 20.9 Å². The number of Topliss-reactive ketones (excluding diaryl/α,β-unsaturated/α-hetero) is 1. The van der Waals surface area contributed by atoms with Gasteiger partial charge in [0, 0.05) is 16.7 Å². The number of hydrogen-bond acceptors (Lipinski definition) is 7. The van der Waals surface area contributed by atoms with E-state index in [9.17, 15) is 24.3 Å². The topological polar surface area (TPSA) is 157 Å². The Balaban J connectivity index is 1.78. The van der Waals surface area contributed by atoms with Gasteiger partial charge in [0.1, 0.15) is 11.8 Å². The number of benzene rings is 3. The fraction of sp³-hybridized carbons (Fsp3) is 0.207. The second-order valence-corrected chi connectivity index (χ2v) is 9.31. The second kappa shape index (κ2) is 11.3. The molecule has 2 atom stereocenters. The first-order valence-corrected chi connectivity index (χ1v) is 12.3. The summed E-state index contributed by atoms with van der Waals surface area (Å²) < 4.78 is 0. The number of rotatable bonds is 7. The van der Waals surface area contributed by atoms with E-state index in [2.05, 4.69) is 5.32 Å². The lowest BCUT2D eigenvalue weighted by atomic mass is 10.1. The molecule has 0 radical (unpaired) electrons. The van der Waals surface area contributed by atoms with Gasteiger partial charge in [0.15, 0.2) is 5.78 Å². The Morgan fingerprint density at radius 2 is 1.59 bits per heavy atom. The third kappa shape index (κ3) is 5.70. The molecule has 3 aromatic rings. The lowest BCUT2D eigenvalue weighted by molar-refractivity contribution is -0.127. The zero-order chi connectivity index (χ0) is 28.3. The molecule has 1 aliphatic heterocycles. The summed E-state index contributed by atoms with van der Waals surface area (Å²) >= 11 is 0. The number of nitrogens with zero attached hydrogens (tertiary/aromatic N) is 2. The Bertz CT molecular complexity index is 1450. The van der Waals surface area contributed by atoms with Gasteiger partial charge in [-0.25, -0.2) is 0 Å². The number of ketones is 1. The Hall–Kier alpha value is -4.83. The van der Waals surface area contributed by atoms with E-state index >= 15 is 0 Å². The van der Waals surface area contributed by atoms with Gasteiger partial charge >= 0.3 is 0 Å². The number of fused-ring (bicyclic) bond motifs is 1. The smallest absolute Gasteiger partial charge is 0.258 e. The fourth-order valence-corrected chi connectivity index (χ4v) is 4.33. The zero-order valence-electron chi connectivity index (χ0n) is 21.5. The van der Waals surface area contributed by atoms with Crippen molar-refractivity contribution in [2.45, 2.75) is 25.9 Å². The van der Waals surface area contributed by atoms with E-state index in [1.54, 1.807) is 54.6 Å². The second-order valence-electron chi connectivity index (χ2n) is 9.31. The van der Waals surface area contributed by atoms with Crippen LogP contribution >= 0.6 is 0 Å². The molecule has 0 saturated heterocycles. The van der Waals surface area contributed by atoms with Crippen LogP contribution in [0.1, 0.15) is 40.1 Å². The maximum Gasteiger partial charge on any atom is 0.258 e. The molecule has 10 heteroatoms. The van der Waals surface area contributed by atoms with Crippen molar-refractivity contribution < 1.29 is 24.3 Å². The summed E-state index contributed by atoms with van der Waals surface area (Å²) in [5.41, 5.74) is 7.46. The molecule has 3 aromatic carbocycles. The highest BCUT2D eigenvalue weighted by Gasteiger charge is 2.38. The molecule has 39 heavy (non-hydrogen) atoms. The van der Waals surface area contributed by atoms with E-state index in [4.69, 9.17) is 11.1 Å². The molecule has 1 heterocycles. The number of nitrogens with two attached hydrogens (primary N) is 1. The number of carbonyl (C=O) groups excluding carboxylic acids is 4. The first-order chi connectivity index (χ1) is 18.6. The SMILES string of the molecule is CC(=O)c1ccc(C(=O)N2C[C@H](NC(=O)[C@H](C)N)C(=O)N(CC(=N)c3ccccc3O)c3ccccc32)cc1. The zero-order valence-corrected chi connectivity index (χ0v) is 21.5. The van der Waals surface area contributed by atoms with Crippen molar-refractivity contribution in [3.8, 4) is 5.75 Å². The van der Waals surface area contributed by atoms with E-state index in [0.717, 1.165) is 0 Å². The summed E-state index contributed by atoms with van der Waals surface area (Å²) in [5.74, 6) is -1.80. The van der Waals surface area contributed by atoms with Crippen LogP contribution in [-0.4, -0.2) is 59.5 Å².